The zero-order chi connectivity index (χ0) is 15.0. The summed E-state index contributed by atoms with van der Waals surface area (Å²) in [5, 5.41) is 7.73. The molecule has 0 aliphatic rings. The van der Waals surface area contributed by atoms with E-state index in [0.29, 0.717) is 0 Å². The van der Waals surface area contributed by atoms with Gasteiger partial charge in [0.05, 0.1) is 11.6 Å². The van der Waals surface area contributed by atoms with Crippen molar-refractivity contribution in [2.45, 2.75) is 26.8 Å². The van der Waals surface area contributed by atoms with Gasteiger partial charge in [-0.05, 0) is 45.0 Å². The zero-order valence-electron chi connectivity index (χ0n) is 12.3. The third-order valence-corrected chi connectivity index (χ3v) is 4.49. The van der Waals surface area contributed by atoms with E-state index in [1.54, 1.807) is 11.3 Å². The molecule has 1 aromatic carbocycles. The van der Waals surface area contributed by atoms with Crippen LogP contribution in [-0.2, 0) is 0 Å². The molecule has 0 fully saturated rings. The molecule has 5 heteroatoms. The van der Waals surface area contributed by atoms with Crippen molar-refractivity contribution in [2.24, 2.45) is 0 Å². The number of nitrogens with zero attached hydrogens (tertiary/aromatic N) is 2. The molecule has 108 valence electrons. The molecule has 0 aliphatic carbocycles. The van der Waals surface area contributed by atoms with Crippen LogP contribution in [0.5, 0.6) is 0 Å². The van der Waals surface area contributed by atoms with E-state index in [4.69, 9.17) is 5.73 Å². The first-order valence-corrected chi connectivity index (χ1v) is 7.76. The van der Waals surface area contributed by atoms with Gasteiger partial charge in [-0.15, -0.1) is 11.3 Å². The molecule has 2 heterocycles. The van der Waals surface area contributed by atoms with E-state index in [1.807, 2.05) is 32.0 Å². The third kappa shape index (κ3) is 2.83. The second-order valence-corrected chi connectivity index (χ2v) is 6.17. The van der Waals surface area contributed by atoms with Crippen LogP contribution in [0.25, 0.3) is 10.9 Å². The topological polar surface area (TPSA) is 63.8 Å². The number of hydrogen-bond donors (Lipinski definition) is 2. The number of aryl methyl sites for hydroxylation is 2. The molecule has 3 rings (SSSR count). The Morgan fingerprint density at radius 2 is 1.95 bits per heavy atom. The first-order chi connectivity index (χ1) is 10.0. The zero-order valence-corrected chi connectivity index (χ0v) is 13.2. The lowest BCUT2D eigenvalue weighted by atomic mass is 10.1. The number of thiazole rings is 1. The standard InChI is InChI=1S/C16H18N4S/c1-9-6-15(13-7-12(17)4-5-14(13)18-9)20-11(3)16-19-10(2)8-21-16/h4-8,11H,17H2,1-3H3,(H,18,20). The average molecular weight is 298 g/mol. The van der Waals surface area contributed by atoms with Crippen LogP contribution in [0.3, 0.4) is 0 Å². The van der Waals surface area contributed by atoms with Crippen molar-refractivity contribution in [3.8, 4) is 0 Å². The number of hydrogen-bond acceptors (Lipinski definition) is 5. The molecule has 3 aromatic rings. The van der Waals surface area contributed by atoms with Crippen LogP contribution in [0.2, 0.25) is 0 Å². The Balaban J connectivity index is 2.01. The summed E-state index contributed by atoms with van der Waals surface area (Å²) in [6.07, 6.45) is 0. The van der Waals surface area contributed by atoms with E-state index in [-0.39, 0.29) is 6.04 Å². The minimum atomic E-state index is 0.148. The van der Waals surface area contributed by atoms with Gasteiger partial charge in [0.15, 0.2) is 0 Å². The molecule has 0 aliphatic heterocycles. The molecule has 0 radical (unpaired) electrons. The van der Waals surface area contributed by atoms with Crippen LogP contribution in [0.1, 0.15) is 29.4 Å². The molecule has 2 aromatic heterocycles. The average Bonchev–Trinajstić information content (AvgIpc) is 2.86. The molecule has 4 nitrogen and oxygen atoms in total. The number of benzene rings is 1. The summed E-state index contributed by atoms with van der Waals surface area (Å²) in [6, 6.07) is 8.01. The molecule has 1 atom stereocenters. The fourth-order valence-electron chi connectivity index (χ4n) is 2.36. The summed E-state index contributed by atoms with van der Waals surface area (Å²) in [6.45, 7) is 6.13. The normalized spacial score (nSPS) is 12.5. The summed E-state index contributed by atoms with van der Waals surface area (Å²) < 4.78 is 0. The van der Waals surface area contributed by atoms with E-state index in [9.17, 15) is 0 Å². The predicted molar refractivity (Wildman–Crippen MR) is 89.8 cm³/mol. The summed E-state index contributed by atoms with van der Waals surface area (Å²) in [5.41, 5.74) is 10.7. The van der Waals surface area contributed by atoms with Gasteiger partial charge < -0.3 is 11.1 Å². The lowest BCUT2D eigenvalue weighted by Crippen LogP contribution is -2.07. The quantitative estimate of drug-likeness (QED) is 0.716. The Bertz CT molecular complexity index is 794. The van der Waals surface area contributed by atoms with Crippen molar-refractivity contribution in [1.29, 1.82) is 0 Å². The Morgan fingerprint density at radius 3 is 2.67 bits per heavy atom. The highest BCUT2D eigenvalue weighted by Gasteiger charge is 2.12. The van der Waals surface area contributed by atoms with Crippen LogP contribution >= 0.6 is 11.3 Å². The van der Waals surface area contributed by atoms with Gasteiger partial charge in [-0.1, -0.05) is 0 Å². The maximum absolute atomic E-state index is 5.91. The molecule has 0 saturated carbocycles. The van der Waals surface area contributed by atoms with E-state index < -0.39 is 0 Å². The summed E-state index contributed by atoms with van der Waals surface area (Å²) in [4.78, 5) is 9.10. The highest BCUT2D eigenvalue weighted by molar-refractivity contribution is 7.09. The van der Waals surface area contributed by atoms with Gasteiger partial charge in [0.1, 0.15) is 5.01 Å². The first-order valence-electron chi connectivity index (χ1n) is 6.88. The van der Waals surface area contributed by atoms with Crippen molar-refractivity contribution in [3.05, 3.63) is 46.0 Å². The molecule has 0 spiro atoms. The maximum Gasteiger partial charge on any atom is 0.115 e. The maximum atomic E-state index is 5.91. The van der Waals surface area contributed by atoms with E-state index >= 15 is 0 Å². The van der Waals surface area contributed by atoms with Crippen LogP contribution in [0.4, 0.5) is 11.4 Å². The van der Waals surface area contributed by atoms with Crippen LogP contribution < -0.4 is 11.1 Å². The van der Waals surface area contributed by atoms with Gasteiger partial charge in [0.2, 0.25) is 0 Å². The van der Waals surface area contributed by atoms with Gasteiger partial charge >= 0.3 is 0 Å². The van der Waals surface area contributed by atoms with Gasteiger partial charge in [0.25, 0.3) is 0 Å². The number of rotatable bonds is 3. The SMILES string of the molecule is Cc1csc(C(C)Nc2cc(C)nc3ccc(N)cc23)n1. The van der Waals surface area contributed by atoms with Crippen LogP contribution in [0.15, 0.2) is 29.6 Å². The number of anilines is 2. The Morgan fingerprint density at radius 1 is 1.14 bits per heavy atom. The summed E-state index contributed by atoms with van der Waals surface area (Å²) in [5.74, 6) is 0. The minimum absolute atomic E-state index is 0.148. The first kappa shape index (κ1) is 13.8. The smallest absolute Gasteiger partial charge is 0.115 e. The van der Waals surface area contributed by atoms with Crippen LogP contribution in [0, 0.1) is 13.8 Å². The number of nitrogen functional groups attached to an aromatic ring is 1. The van der Waals surface area contributed by atoms with Gasteiger partial charge in [-0.25, -0.2) is 4.98 Å². The number of nitrogens with two attached hydrogens (primary N) is 1. The second kappa shape index (κ2) is 5.33. The number of pyridine rings is 1. The largest absolute Gasteiger partial charge is 0.399 e. The van der Waals surface area contributed by atoms with Crippen molar-refractivity contribution in [2.75, 3.05) is 11.1 Å². The Labute approximate surface area is 128 Å². The summed E-state index contributed by atoms with van der Waals surface area (Å²) in [7, 11) is 0. The van der Waals surface area contributed by atoms with Crippen molar-refractivity contribution >= 4 is 33.6 Å². The lowest BCUT2D eigenvalue weighted by Gasteiger charge is -2.16. The van der Waals surface area contributed by atoms with Crippen molar-refractivity contribution in [3.63, 3.8) is 0 Å². The van der Waals surface area contributed by atoms with Gasteiger partial charge in [0, 0.05) is 33.5 Å². The van der Waals surface area contributed by atoms with Crippen LogP contribution in [-0.4, -0.2) is 9.97 Å². The van der Waals surface area contributed by atoms with Gasteiger partial charge in [-0.3, -0.25) is 4.98 Å². The Hall–Kier alpha value is -2.14. The Kier molecular flexibility index (Phi) is 3.51. The molecule has 0 bridgehead atoms. The molecular weight excluding hydrogens is 280 g/mol. The lowest BCUT2D eigenvalue weighted by molar-refractivity contribution is 0.865. The fraction of sp³-hybridized carbons (Fsp3) is 0.250. The summed E-state index contributed by atoms with van der Waals surface area (Å²) >= 11 is 1.68. The van der Waals surface area contributed by atoms with E-state index in [2.05, 4.69) is 33.7 Å². The molecule has 0 amide bonds. The molecule has 0 saturated heterocycles. The molecule has 3 N–H and O–H groups in total. The number of aromatic nitrogens is 2. The molecular formula is C16H18N4S. The predicted octanol–water partition coefficient (Wildman–Crippen LogP) is 4.06. The van der Waals surface area contributed by atoms with Crippen molar-refractivity contribution in [1.82, 2.24) is 9.97 Å². The highest BCUT2D eigenvalue weighted by Crippen LogP contribution is 2.29. The minimum Gasteiger partial charge on any atom is -0.399 e. The monoisotopic (exact) mass is 298 g/mol. The highest BCUT2D eigenvalue weighted by atomic mass is 32.1. The van der Waals surface area contributed by atoms with E-state index in [1.165, 1.54) is 0 Å². The third-order valence-electron chi connectivity index (χ3n) is 3.34. The fourth-order valence-corrected chi connectivity index (χ4v) is 3.17. The van der Waals surface area contributed by atoms with E-state index in [0.717, 1.165) is 38.7 Å². The number of fused-ring (bicyclic) bond motifs is 1. The van der Waals surface area contributed by atoms with Crippen molar-refractivity contribution < 1.29 is 0 Å². The second-order valence-electron chi connectivity index (χ2n) is 5.28. The number of nitrogens with one attached hydrogen (secondary N) is 1. The van der Waals surface area contributed by atoms with Gasteiger partial charge in [-0.2, -0.15) is 0 Å². The molecule has 1 unspecified atom stereocenters. The molecule has 21 heavy (non-hydrogen) atoms.